The van der Waals surface area contributed by atoms with Gasteiger partial charge in [-0.3, -0.25) is 9.59 Å². The topological polar surface area (TPSA) is 81.0 Å². The second-order valence-corrected chi connectivity index (χ2v) is 7.05. The van der Waals surface area contributed by atoms with E-state index in [0.29, 0.717) is 11.3 Å². The molecule has 0 saturated heterocycles. The van der Waals surface area contributed by atoms with Crippen molar-refractivity contribution in [2.75, 3.05) is 12.4 Å². The van der Waals surface area contributed by atoms with E-state index in [1.54, 1.807) is 47.3 Å². The van der Waals surface area contributed by atoms with Crippen LogP contribution in [0.4, 0.5) is 18.9 Å². The van der Waals surface area contributed by atoms with Crippen LogP contribution in [0.25, 0.3) is 11.5 Å². The van der Waals surface area contributed by atoms with Gasteiger partial charge in [-0.15, -0.1) is 0 Å². The maximum Gasteiger partial charge on any atom is 0.416 e. The highest BCUT2D eigenvalue weighted by Crippen LogP contribution is 2.31. The lowest BCUT2D eigenvalue weighted by Crippen LogP contribution is -2.19. The van der Waals surface area contributed by atoms with Crippen LogP contribution in [0, 0.1) is 0 Å². The summed E-state index contributed by atoms with van der Waals surface area (Å²) in [7, 11) is 1.50. The van der Waals surface area contributed by atoms with Gasteiger partial charge < -0.3 is 15.2 Å². The first-order valence-electron chi connectivity index (χ1n) is 9.80. The fourth-order valence-corrected chi connectivity index (χ4v) is 3.31. The molecule has 0 saturated carbocycles. The molecular formula is C23H18F3N5O2. The van der Waals surface area contributed by atoms with Crippen molar-refractivity contribution in [1.82, 2.24) is 19.7 Å². The summed E-state index contributed by atoms with van der Waals surface area (Å²) in [6.07, 6.45) is 0.0779. The molecule has 4 aromatic rings. The Morgan fingerprint density at radius 3 is 2.36 bits per heavy atom. The lowest BCUT2D eigenvalue weighted by Gasteiger charge is -2.13. The predicted octanol–water partition coefficient (Wildman–Crippen LogP) is 4.29. The average molecular weight is 453 g/mol. The van der Waals surface area contributed by atoms with Gasteiger partial charge in [-0.05, 0) is 48.5 Å². The molecule has 0 radical (unpaired) electrons. The molecule has 33 heavy (non-hydrogen) atoms. The third-order valence-corrected chi connectivity index (χ3v) is 4.87. The molecule has 2 heterocycles. The standard InChI is InChI=1S/C23H18F3N5O2/c1-27-20(32)15-6-4-8-17(12-15)29-21(33)19-14-28-31(22(19)30-10-2-3-11-30)18-9-5-7-16(13-18)23(24,25)26/h2-14H,1H3,(H,27,32)(H,29,33). The Kier molecular flexibility index (Phi) is 5.74. The number of carbonyl (C=O) groups excluding carboxylic acids is 2. The molecule has 4 rings (SSSR count). The van der Waals surface area contributed by atoms with Crippen molar-refractivity contribution in [1.29, 1.82) is 0 Å². The third-order valence-electron chi connectivity index (χ3n) is 4.87. The number of halogens is 3. The van der Waals surface area contributed by atoms with Crippen LogP contribution < -0.4 is 10.6 Å². The van der Waals surface area contributed by atoms with Crippen molar-refractivity contribution < 1.29 is 22.8 Å². The zero-order valence-corrected chi connectivity index (χ0v) is 17.3. The summed E-state index contributed by atoms with van der Waals surface area (Å²) >= 11 is 0. The first-order chi connectivity index (χ1) is 15.8. The molecule has 0 aliphatic heterocycles. The zero-order valence-electron chi connectivity index (χ0n) is 17.3. The van der Waals surface area contributed by atoms with Gasteiger partial charge in [0.25, 0.3) is 11.8 Å². The number of hydrogen-bond donors (Lipinski definition) is 2. The quantitative estimate of drug-likeness (QED) is 0.473. The van der Waals surface area contributed by atoms with Crippen molar-refractivity contribution >= 4 is 17.5 Å². The van der Waals surface area contributed by atoms with E-state index in [0.717, 1.165) is 12.1 Å². The molecule has 0 spiro atoms. The Bertz CT molecular complexity index is 1310. The Morgan fingerprint density at radius 1 is 0.939 bits per heavy atom. The third kappa shape index (κ3) is 4.49. The number of alkyl halides is 3. The van der Waals surface area contributed by atoms with E-state index < -0.39 is 17.6 Å². The number of carbonyl (C=O) groups is 2. The zero-order chi connectivity index (χ0) is 23.6. The van der Waals surface area contributed by atoms with Crippen molar-refractivity contribution in [3.05, 3.63) is 95.9 Å². The van der Waals surface area contributed by atoms with E-state index in [2.05, 4.69) is 15.7 Å². The highest BCUT2D eigenvalue weighted by atomic mass is 19.4. The molecule has 0 atom stereocenters. The number of aromatic nitrogens is 3. The minimum absolute atomic E-state index is 0.133. The van der Waals surface area contributed by atoms with Gasteiger partial charge in [0.15, 0.2) is 5.82 Å². The minimum Gasteiger partial charge on any atom is -0.355 e. The highest BCUT2D eigenvalue weighted by molar-refractivity contribution is 6.07. The number of anilines is 1. The van der Waals surface area contributed by atoms with E-state index >= 15 is 0 Å². The molecule has 2 N–H and O–H groups in total. The van der Waals surface area contributed by atoms with E-state index in [1.807, 2.05) is 0 Å². The maximum atomic E-state index is 13.2. The van der Waals surface area contributed by atoms with Crippen molar-refractivity contribution in [3.8, 4) is 11.5 Å². The van der Waals surface area contributed by atoms with Gasteiger partial charge in [0, 0.05) is 30.7 Å². The molecule has 7 nitrogen and oxygen atoms in total. The second-order valence-electron chi connectivity index (χ2n) is 7.05. The van der Waals surface area contributed by atoms with Crippen molar-refractivity contribution in [2.24, 2.45) is 0 Å². The molecule has 168 valence electrons. The molecule has 0 unspecified atom stereocenters. The summed E-state index contributed by atoms with van der Waals surface area (Å²) in [6.45, 7) is 0. The van der Waals surface area contributed by atoms with Gasteiger partial charge in [0.1, 0.15) is 5.56 Å². The largest absolute Gasteiger partial charge is 0.416 e. The summed E-state index contributed by atoms with van der Waals surface area (Å²) in [4.78, 5) is 25.0. The Morgan fingerprint density at radius 2 is 1.67 bits per heavy atom. The summed E-state index contributed by atoms with van der Waals surface area (Å²) in [5, 5.41) is 9.41. The van der Waals surface area contributed by atoms with Crippen LogP contribution in [0.3, 0.4) is 0 Å². The van der Waals surface area contributed by atoms with E-state index in [-0.39, 0.29) is 23.0 Å². The highest BCUT2D eigenvalue weighted by Gasteiger charge is 2.31. The van der Waals surface area contributed by atoms with Crippen LogP contribution in [0.5, 0.6) is 0 Å². The van der Waals surface area contributed by atoms with E-state index in [4.69, 9.17) is 0 Å². The number of amides is 2. The number of nitrogens with zero attached hydrogens (tertiary/aromatic N) is 3. The van der Waals surface area contributed by atoms with Gasteiger partial charge in [-0.1, -0.05) is 12.1 Å². The van der Waals surface area contributed by atoms with Crippen molar-refractivity contribution in [3.63, 3.8) is 0 Å². The van der Waals surface area contributed by atoms with E-state index in [1.165, 1.54) is 36.1 Å². The fourth-order valence-electron chi connectivity index (χ4n) is 3.31. The molecule has 2 aromatic heterocycles. The molecular weight excluding hydrogens is 435 g/mol. The predicted molar refractivity (Wildman–Crippen MR) is 116 cm³/mol. The van der Waals surface area contributed by atoms with Gasteiger partial charge in [-0.2, -0.15) is 18.3 Å². The smallest absolute Gasteiger partial charge is 0.355 e. The van der Waals surface area contributed by atoms with Crippen LogP contribution in [-0.4, -0.2) is 33.2 Å². The Labute approximate surface area is 186 Å². The van der Waals surface area contributed by atoms with Crippen molar-refractivity contribution in [2.45, 2.75) is 6.18 Å². The number of nitrogens with one attached hydrogen (secondary N) is 2. The van der Waals surface area contributed by atoms with Gasteiger partial charge in [-0.25, -0.2) is 4.68 Å². The van der Waals surface area contributed by atoms with Gasteiger partial charge >= 0.3 is 6.18 Å². The number of rotatable bonds is 5. The summed E-state index contributed by atoms with van der Waals surface area (Å²) < 4.78 is 42.5. The van der Waals surface area contributed by atoms with Crippen LogP contribution in [0.1, 0.15) is 26.3 Å². The number of benzene rings is 2. The normalized spacial score (nSPS) is 11.3. The lowest BCUT2D eigenvalue weighted by atomic mass is 10.1. The average Bonchev–Trinajstić information content (AvgIpc) is 3.48. The number of hydrogen-bond acceptors (Lipinski definition) is 3. The molecule has 0 bridgehead atoms. The molecule has 10 heteroatoms. The van der Waals surface area contributed by atoms with E-state index in [9.17, 15) is 22.8 Å². The maximum absolute atomic E-state index is 13.2. The van der Waals surface area contributed by atoms with Crippen LogP contribution in [0.2, 0.25) is 0 Å². The van der Waals surface area contributed by atoms with Gasteiger partial charge in [0.05, 0.1) is 17.4 Å². The Balaban J connectivity index is 1.74. The summed E-state index contributed by atoms with van der Waals surface area (Å²) in [6, 6.07) is 14.5. The Hall–Kier alpha value is -4.34. The summed E-state index contributed by atoms with van der Waals surface area (Å²) in [5.74, 6) is -0.582. The molecule has 2 amide bonds. The minimum atomic E-state index is -4.52. The van der Waals surface area contributed by atoms with Gasteiger partial charge in [0.2, 0.25) is 0 Å². The van der Waals surface area contributed by atoms with Crippen LogP contribution in [0.15, 0.2) is 79.3 Å². The fraction of sp³-hybridized carbons (Fsp3) is 0.0870. The second kappa shape index (κ2) is 8.65. The molecule has 2 aromatic carbocycles. The first-order valence-corrected chi connectivity index (χ1v) is 9.80. The van der Waals surface area contributed by atoms with Crippen LogP contribution >= 0.6 is 0 Å². The lowest BCUT2D eigenvalue weighted by molar-refractivity contribution is -0.137. The first kappa shape index (κ1) is 21.9. The molecule has 0 fully saturated rings. The molecule has 0 aliphatic rings. The summed E-state index contributed by atoms with van der Waals surface area (Å²) in [5.41, 5.74) is 0.195. The molecule has 0 aliphatic carbocycles. The van der Waals surface area contributed by atoms with Crippen LogP contribution in [-0.2, 0) is 6.18 Å². The monoisotopic (exact) mass is 453 g/mol. The SMILES string of the molecule is CNC(=O)c1cccc(NC(=O)c2cnn(-c3cccc(C(F)(F)F)c3)c2-n2cccc2)c1.